The van der Waals surface area contributed by atoms with Crippen LogP contribution in [0.5, 0.6) is 5.75 Å². The Morgan fingerprint density at radius 2 is 1.56 bits per heavy atom. The van der Waals surface area contributed by atoms with Gasteiger partial charge in [0.1, 0.15) is 11.5 Å². The molecule has 7 nitrogen and oxygen atoms in total. The Labute approximate surface area is 266 Å². The molecule has 3 N–H and O–H groups in total. The van der Waals surface area contributed by atoms with Gasteiger partial charge in [-0.25, -0.2) is 13.2 Å². The number of carbonyl (C=O) groups is 1. The largest absolute Gasteiger partial charge is 0.503 e. The van der Waals surface area contributed by atoms with E-state index in [0.29, 0.717) is 30.4 Å². The predicted molar refractivity (Wildman–Crippen MR) is 171 cm³/mol. The molecule has 1 amide bonds. The molecule has 3 fully saturated rings. The van der Waals surface area contributed by atoms with Gasteiger partial charge in [-0.1, -0.05) is 63.6 Å². The van der Waals surface area contributed by atoms with E-state index in [1.54, 1.807) is 6.92 Å². The summed E-state index contributed by atoms with van der Waals surface area (Å²) in [6.45, 7) is 17.6. The number of aliphatic imine (C=N–C) groups is 1. The number of rotatable bonds is 6. The second-order valence-electron chi connectivity index (χ2n) is 13.1. The number of amides is 1. The lowest BCUT2D eigenvalue weighted by molar-refractivity contribution is -0.191. The molecule has 250 valence electrons. The summed E-state index contributed by atoms with van der Waals surface area (Å²) in [5.74, 6) is -1.78. The molecule has 0 aromatic heterocycles. The number of phenols is 1. The minimum Gasteiger partial charge on any atom is -0.503 e. The second-order valence-corrected chi connectivity index (χ2v) is 13.1. The van der Waals surface area contributed by atoms with Gasteiger partial charge in [0.2, 0.25) is 5.91 Å². The maximum atomic E-state index is 13.5. The Morgan fingerprint density at radius 1 is 1.07 bits per heavy atom. The number of amidine groups is 1. The molecule has 2 aromatic carbocycles. The average Bonchev–Trinajstić information content (AvgIpc) is 3.26. The van der Waals surface area contributed by atoms with Gasteiger partial charge in [-0.05, 0) is 89.8 Å². The summed E-state index contributed by atoms with van der Waals surface area (Å²) in [5, 5.41) is 15.0. The first kappa shape index (κ1) is 39.4. The molecule has 1 aliphatic heterocycles. The summed E-state index contributed by atoms with van der Waals surface area (Å²) in [4.78, 5) is 33.4. The van der Waals surface area contributed by atoms with Crippen molar-refractivity contribution in [2.24, 2.45) is 15.8 Å². The Balaban J connectivity index is 0.000000365. The molecule has 45 heavy (non-hydrogen) atoms. The summed E-state index contributed by atoms with van der Waals surface area (Å²) >= 11 is 0. The Kier molecular flexibility index (Phi) is 14.5. The molecule has 0 unspecified atom stereocenters. The molecule has 10 heteroatoms. The van der Waals surface area contributed by atoms with Gasteiger partial charge in [-0.15, -0.1) is 0 Å². The summed E-state index contributed by atoms with van der Waals surface area (Å²) in [5.41, 5.74) is 0.955. The SMILES string of the molecule is CC.CC(C)(F)CCNC(=O)[C@@H]1N=C(C23CC(C)(C2)C3)NC1(C)C.CCc1cc(F)c(O)c(F)c1.Cc1ccccc1.O=C=O. The van der Waals surface area contributed by atoms with Gasteiger partial charge >= 0.3 is 6.15 Å². The molecule has 4 aliphatic rings. The lowest BCUT2D eigenvalue weighted by atomic mass is 9.35. The van der Waals surface area contributed by atoms with Crippen molar-refractivity contribution in [1.29, 1.82) is 0 Å². The minimum absolute atomic E-state index is 0.102. The average molecular weight is 634 g/mol. The number of phenolic OH excluding ortho intramolecular Hbond substituents is 1. The predicted octanol–water partition coefficient (Wildman–Crippen LogP) is 7.25. The molecule has 3 aliphatic carbocycles. The number of benzene rings is 2. The zero-order valence-electron chi connectivity index (χ0n) is 28.1. The molecular formula is C35H50F3N3O4. The number of hydrogen-bond acceptors (Lipinski definition) is 6. The first-order valence-electron chi connectivity index (χ1n) is 15.4. The van der Waals surface area contributed by atoms with E-state index >= 15 is 0 Å². The van der Waals surface area contributed by atoms with Gasteiger partial charge < -0.3 is 15.7 Å². The van der Waals surface area contributed by atoms with Crippen LogP contribution < -0.4 is 10.6 Å². The number of aromatic hydroxyl groups is 1. The molecule has 1 heterocycles. The Morgan fingerprint density at radius 3 is 1.93 bits per heavy atom. The molecule has 3 saturated carbocycles. The summed E-state index contributed by atoms with van der Waals surface area (Å²) in [6.07, 6.45) is 4.68. The van der Waals surface area contributed by atoms with Crippen molar-refractivity contribution in [3.8, 4) is 5.75 Å². The van der Waals surface area contributed by atoms with E-state index in [0.717, 1.165) is 18.0 Å². The highest BCUT2D eigenvalue weighted by Gasteiger charge is 2.69. The number of halogens is 3. The van der Waals surface area contributed by atoms with Crippen molar-refractivity contribution in [2.45, 2.75) is 112 Å². The topological polar surface area (TPSA) is 108 Å². The van der Waals surface area contributed by atoms with Gasteiger partial charge in [-0.3, -0.25) is 9.79 Å². The Hall–Kier alpha value is -3.65. The van der Waals surface area contributed by atoms with Gasteiger partial charge in [0.25, 0.3) is 0 Å². The van der Waals surface area contributed by atoms with Crippen LogP contribution in [-0.4, -0.2) is 46.8 Å². The number of carbonyl (C=O) groups excluding carboxylic acids is 3. The molecule has 6 rings (SSSR count). The summed E-state index contributed by atoms with van der Waals surface area (Å²) < 4.78 is 38.6. The number of alkyl halides is 1. The zero-order valence-corrected chi connectivity index (χ0v) is 28.1. The zero-order chi connectivity index (χ0) is 34.6. The summed E-state index contributed by atoms with van der Waals surface area (Å²) in [6, 6.07) is 12.1. The van der Waals surface area contributed by atoms with Crippen LogP contribution in [0.3, 0.4) is 0 Å². The normalized spacial score (nSPS) is 22.9. The van der Waals surface area contributed by atoms with Crippen LogP contribution in [-0.2, 0) is 20.8 Å². The molecular weight excluding hydrogens is 583 g/mol. The number of nitrogens with one attached hydrogen (secondary N) is 2. The van der Waals surface area contributed by atoms with Crippen LogP contribution >= 0.6 is 0 Å². The highest BCUT2D eigenvalue weighted by atomic mass is 19.1. The molecule has 0 saturated heterocycles. The van der Waals surface area contributed by atoms with Gasteiger partial charge in [0, 0.05) is 12.0 Å². The standard InChI is InChI=1S/C17H28FN3O.C8H8F2O.C7H8.C2H6.CO2/c1-14(2,18)6-7-19-12(22)11-15(3,4)21-13(20-11)17-8-16(5,9-17)10-17;1-2-5-3-6(9)8(11)7(10)4-5;1-7-5-3-2-4-6-7;1-2;2-1-3/h11H,6-10H2,1-5H3,(H,19,22)(H,20,21);3-4,11H,2H2,1H3;2-6H,1H3;1-2H3;/t11-,16?,17?;;;;/m0..../s1. The van der Waals surface area contributed by atoms with Crippen molar-refractivity contribution in [3.63, 3.8) is 0 Å². The van der Waals surface area contributed by atoms with E-state index in [-0.39, 0.29) is 23.0 Å². The van der Waals surface area contributed by atoms with E-state index in [4.69, 9.17) is 19.7 Å². The minimum atomic E-state index is -1.26. The van der Waals surface area contributed by atoms with Gasteiger partial charge in [0.15, 0.2) is 23.4 Å². The fraction of sp³-hybridized carbons (Fsp3) is 0.571. The van der Waals surface area contributed by atoms with Crippen LogP contribution in [0.15, 0.2) is 47.5 Å². The quantitative estimate of drug-likeness (QED) is 0.311. The molecule has 1 atom stereocenters. The Bertz CT molecular complexity index is 1270. The van der Waals surface area contributed by atoms with E-state index in [9.17, 15) is 18.0 Å². The number of hydrogen-bond donors (Lipinski definition) is 3. The number of aryl methyl sites for hydroxylation is 2. The maximum absolute atomic E-state index is 13.5. The number of nitrogens with zero attached hydrogens (tertiary/aromatic N) is 1. The van der Waals surface area contributed by atoms with Crippen molar-refractivity contribution >= 4 is 17.9 Å². The van der Waals surface area contributed by atoms with E-state index in [1.807, 2.05) is 45.9 Å². The molecule has 2 bridgehead atoms. The highest BCUT2D eigenvalue weighted by Crippen LogP contribution is 2.73. The fourth-order valence-electron chi connectivity index (χ4n) is 5.83. The van der Waals surface area contributed by atoms with E-state index in [2.05, 4.69) is 36.6 Å². The first-order valence-corrected chi connectivity index (χ1v) is 15.4. The van der Waals surface area contributed by atoms with Gasteiger partial charge in [0.05, 0.1) is 5.54 Å². The fourth-order valence-corrected chi connectivity index (χ4v) is 5.83. The maximum Gasteiger partial charge on any atom is 0.373 e. The monoisotopic (exact) mass is 633 g/mol. The smallest absolute Gasteiger partial charge is 0.373 e. The molecule has 2 aromatic rings. The van der Waals surface area contributed by atoms with Crippen molar-refractivity contribution in [1.82, 2.24) is 10.6 Å². The van der Waals surface area contributed by atoms with E-state index in [1.165, 1.54) is 38.7 Å². The van der Waals surface area contributed by atoms with Crippen molar-refractivity contribution in [2.75, 3.05) is 6.54 Å². The van der Waals surface area contributed by atoms with Crippen LogP contribution in [0, 0.1) is 29.4 Å². The van der Waals surface area contributed by atoms with Crippen molar-refractivity contribution in [3.05, 3.63) is 65.2 Å². The van der Waals surface area contributed by atoms with Crippen LogP contribution in [0.2, 0.25) is 0 Å². The highest BCUT2D eigenvalue weighted by molar-refractivity contribution is 5.98. The third-order valence-electron chi connectivity index (χ3n) is 7.87. The van der Waals surface area contributed by atoms with Crippen LogP contribution in [0.25, 0.3) is 0 Å². The molecule has 0 spiro atoms. The van der Waals surface area contributed by atoms with E-state index < -0.39 is 29.1 Å². The molecule has 0 radical (unpaired) electrons. The summed E-state index contributed by atoms with van der Waals surface area (Å²) in [7, 11) is 0. The second kappa shape index (κ2) is 16.6. The third kappa shape index (κ3) is 11.3. The van der Waals surface area contributed by atoms with Crippen LogP contribution in [0.4, 0.5) is 13.2 Å². The lowest BCUT2D eigenvalue weighted by Gasteiger charge is -2.69. The van der Waals surface area contributed by atoms with Gasteiger partial charge in [-0.2, -0.15) is 9.59 Å². The van der Waals surface area contributed by atoms with Crippen molar-refractivity contribution < 1.29 is 32.7 Å². The first-order chi connectivity index (χ1) is 20.9. The van der Waals surface area contributed by atoms with Crippen LogP contribution in [0.1, 0.15) is 92.2 Å². The lowest BCUT2D eigenvalue weighted by Crippen LogP contribution is -2.67. The third-order valence-corrected chi connectivity index (χ3v) is 7.87.